The van der Waals surface area contributed by atoms with Gasteiger partial charge in [-0.1, -0.05) is 24.3 Å². The largest absolute Gasteiger partial charge is 0.463 e. The minimum Gasteiger partial charge on any atom is -0.463 e. The van der Waals surface area contributed by atoms with Crippen LogP contribution in [-0.4, -0.2) is 29.6 Å². The molecule has 19 heavy (non-hydrogen) atoms. The monoisotopic (exact) mass is 257 g/mol. The van der Waals surface area contributed by atoms with Crippen molar-refractivity contribution >= 4 is 22.8 Å². The normalized spacial score (nSPS) is 18.3. The third kappa shape index (κ3) is 2.27. The van der Waals surface area contributed by atoms with Gasteiger partial charge in [0, 0.05) is 11.8 Å². The molecule has 5 nitrogen and oxygen atoms in total. The molecule has 0 unspecified atom stereocenters. The van der Waals surface area contributed by atoms with Gasteiger partial charge in [-0.05, 0) is 12.1 Å². The van der Waals surface area contributed by atoms with Gasteiger partial charge in [-0.15, -0.1) is 0 Å². The van der Waals surface area contributed by atoms with Gasteiger partial charge in [0.2, 0.25) is 6.10 Å². The van der Waals surface area contributed by atoms with Crippen LogP contribution in [0.1, 0.15) is 16.9 Å². The summed E-state index contributed by atoms with van der Waals surface area (Å²) in [6, 6.07) is 10.9. The average Bonchev–Trinajstić information content (AvgIpc) is 2.84. The number of rotatable bonds is 2. The Balaban J connectivity index is 1.83. The van der Waals surface area contributed by atoms with Crippen molar-refractivity contribution in [3.63, 3.8) is 0 Å². The van der Waals surface area contributed by atoms with E-state index in [0.717, 1.165) is 5.39 Å². The van der Waals surface area contributed by atoms with Gasteiger partial charge < -0.3 is 9.47 Å². The van der Waals surface area contributed by atoms with E-state index in [-0.39, 0.29) is 5.69 Å². The lowest BCUT2D eigenvalue weighted by atomic mass is 10.2. The van der Waals surface area contributed by atoms with E-state index >= 15 is 0 Å². The number of nitrogens with zero attached hydrogens (tertiary/aromatic N) is 1. The predicted molar refractivity (Wildman–Crippen MR) is 66.5 cm³/mol. The zero-order valence-corrected chi connectivity index (χ0v) is 10.0. The molecule has 0 aliphatic carbocycles. The highest BCUT2D eigenvalue weighted by Gasteiger charge is 2.30. The summed E-state index contributed by atoms with van der Waals surface area (Å²) >= 11 is 0. The minimum atomic E-state index is -0.805. The molecule has 2 heterocycles. The van der Waals surface area contributed by atoms with Crippen LogP contribution in [-0.2, 0) is 14.3 Å². The maximum atomic E-state index is 11.9. The molecule has 0 bridgehead atoms. The van der Waals surface area contributed by atoms with Crippen molar-refractivity contribution in [1.82, 2.24) is 4.98 Å². The molecule has 1 saturated heterocycles. The molecule has 1 aliphatic heterocycles. The zero-order chi connectivity index (χ0) is 13.2. The van der Waals surface area contributed by atoms with E-state index in [2.05, 4.69) is 4.98 Å². The van der Waals surface area contributed by atoms with Crippen LogP contribution in [0.15, 0.2) is 36.4 Å². The van der Waals surface area contributed by atoms with Crippen molar-refractivity contribution in [2.24, 2.45) is 0 Å². The van der Waals surface area contributed by atoms with E-state index in [4.69, 9.17) is 9.47 Å². The summed E-state index contributed by atoms with van der Waals surface area (Å²) in [5.74, 6) is -1.09. The SMILES string of the molecule is O=C(O[C@@H]1CCOC1=O)c1ccc2ccccc2n1. The number of fused-ring (bicyclic) bond motifs is 1. The topological polar surface area (TPSA) is 65.5 Å². The molecule has 5 heteroatoms. The quantitative estimate of drug-likeness (QED) is 0.766. The number of cyclic esters (lactones) is 1. The molecular weight excluding hydrogens is 246 g/mol. The summed E-state index contributed by atoms with van der Waals surface area (Å²) in [4.78, 5) is 27.3. The number of hydrogen-bond acceptors (Lipinski definition) is 5. The summed E-state index contributed by atoms with van der Waals surface area (Å²) in [5, 5.41) is 0.944. The van der Waals surface area contributed by atoms with Crippen LogP contribution in [0.3, 0.4) is 0 Å². The number of benzene rings is 1. The first-order valence-electron chi connectivity index (χ1n) is 5.97. The van der Waals surface area contributed by atoms with Crippen LogP contribution in [0.2, 0.25) is 0 Å². The van der Waals surface area contributed by atoms with E-state index in [1.54, 1.807) is 12.1 Å². The highest BCUT2D eigenvalue weighted by Crippen LogP contribution is 2.15. The first kappa shape index (κ1) is 11.6. The Morgan fingerprint density at radius 1 is 1.26 bits per heavy atom. The number of hydrogen-bond donors (Lipinski definition) is 0. The molecule has 96 valence electrons. The number of ether oxygens (including phenoxy) is 2. The number of para-hydroxylation sites is 1. The molecule has 0 amide bonds. The van der Waals surface area contributed by atoms with Crippen molar-refractivity contribution in [1.29, 1.82) is 0 Å². The lowest BCUT2D eigenvalue weighted by Gasteiger charge is -2.08. The molecule has 0 radical (unpaired) electrons. The summed E-state index contributed by atoms with van der Waals surface area (Å²) in [6.45, 7) is 0.294. The molecule has 0 N–H and O–H groups in total. The molecule has 1 aromatic heterocycles. The van der Waals surface area contributed by atoms with E-state index in [1.165, 1.54) is 0 Å². The van der Waals surface area contributed by atoms with Crippen LogP contribution in [0.4, 0.5) is 0 Å². The van der Waals surface area contributed by atoms with E-state index in [1.807, 2.05) is 24.3 Å². The molecule has 1 aliphatic rings. The lowest BCUT2D eigenvalue weighted by Crippen LogP contribution is -2.23. The fraction of sp³-hybridized carbons (Fsp3) is 0.214. The Morgan fingerprint density at radius 3 is 2.89 bits per heavy atom. The maximum absolute atomic E-state index is 11.9. The molecular formula is C14H11NO4. The lowest BCUT2D eigenvalue weighted by molar-refractivity contribution is -0.145. The molecule has 0 spiro atoms. The standard InChI is InChI=1S/C14H11NO4/c16-13(19-12-7-8-18-14(12)17)11-6-5-9-3-1-2-4-10(9)15-11/h1-6,12H,7-8H2/t12-/m1/s1. The first-order chi connectivity index (χ1) is 9.24. The summed E-state index contributed by atoms with van der Waals surface area (Å²) < 4.78 is 9.82. The van der Waals surface area contributed by atoms with Crippen molar-refractivity contribution in [3.8, 4) is 0 Å². The number of aromatic nitrogens is 1. The fourth-order valence-electron chi connectivity index (χ4n) is 1.95. The van der Waals surface area contributed by atoms with Crippen LogP contribution in [0.25, 0.3) is 10.9 Å². The van der Waals surface area contributed by atoms with Crippen LogP contribution in [0.5, 0.6) is 0 Å². The van der Waals surface area contributed by atoms with Crippen LogP contribution < -0.4 is 0 Å². The minimum absolute atomic E-state index is 0.193. The summed E-state index contributed by atoms with van der Waals surface area (Å²) in [6.07, 6.45) is -0.404. The second-order valence-electron chi connectivity index (χ2n) is 4.24. The third-order valence-corrected chi connectivity index (χ3v) is 2.94. The fourth-order valence-corrected chi connectivity index (χ4v) is 1.95. The highest BCUT2D eigenvalue weighted by atomic mass is 16.6. The van der Waals surface area contributed by atoms with Gasteiger partial charge in [-0.25, -0.2) is 14.6 Å². The second kappa shape index (κ2) is 4.68. The molecule has 0 saturated carbocycles. The van der Waals surface area contributed by atoms with Gasteiger partial charge >= 0.3 is 11.9 Å². The van der Waals surface area contributed by atoms with Crippen LogP contribution >= 0.6 is 0 Å². The Labute approximate surface area is 109 Å². The van der Waals surface area contributed by atoms with Crippen molar-refractivity contribution in [2.75, 3.05) is 6.61 Å². The molecule has 2 aromatic rings. The third-order valence-electron chi connectivity index (χ3n) is 2.94. The number of carbonyl (C=O) groups excluding carboxylic acids is 2. The van der Waals surface area contributed by atoms with Crippen molar-refractivity contribution < 1.29 is 19.1 Å². The molecule has 1 aromatic carbocycles. The van der Waals surface area contributed by atoms with Gasteiger partial charge in [0.05, 0.1) is 12.1 Å². The van der Waals surface area contributed by atoms with E-state index in [0.29, 0.717) is 18.5 Å². The molecule has 1 atom stereocenters. The smallest absolute Gasteiger partial charge is 0.357 e. The predicted octanol–water partition coefficient (Wildman–Crippen LogP) is 1.71. The maximum Gasteiger partial charge on any atom is 0.357 e. The van der Waals surface area contributed by atoms with Gasteiger partial charge in [0.25, 0.3) is 0 Å². The number of pyridine rings is 1. The second-order valence-corrected chi connectivity index (χ2v) is 4.24. The number of carbonyl (C=O) groups is 2. The number of esters is 2. The van der Waals surface area contributed by atoms with E-state index < -0.39 is 18.0 Å². The Hall–Kier alpha value is -2.43. The summed E-state index contributed by atoms with van der Waals surface area (Å²) in [7, 11) is 0. The van der Waals surface area contributed by atoms with Gasteiger partial charge in [0.15, 0.2) is 0 Å². The average molecular weight is 257 g/mol. The Bertz CT molecular complexity index is 653. The van der Waals surface area contributed by atoms with Crippen molar-refractivity contribution in [3.05, 3.63) is 42.1 Å². The first-order valence-corrected chi connectivity index (χ1v) is 5.97. The van der Waals surface area contributed by atoms with Crippen LogP contribution in [0, 0.1) is 0 Å². The zero-order valence-electron chi connectivity index (χ0n) is 10.0. The molecule has 1 fully saturated rings. The van der Waals surface area contributed by atoms with Gasteiger partial charge in [0.1, 0.15) is 5.69 Å². The highest BCUT2D eigenvalue weighted by molar-refractivity contribution is 5.92. The summed E-state index contributed by atoms with van der Waals surface area (Å²) in [5.41, 5.74) is 0.907. The van der Waals surface area contributed by atoms with Gasteiger partial charge in [-0.2, -0.15) is 0 Å². The Morgan fingerprint density at radius 2 is 2.11 bits per heavy atom. The van der Waals surface area contributed by atoms with E-state index in [9.17, 15) is 9.59 Å². The Kier molecular flexibility index (Phi) is 2.87. The van der Waals surface area contributed by atoms with Crippen molar-refractivity contribution in [2.45, 2.75) is 12.5 Å². The molecule has 3 rings (SSSR count). The van der Waals surface area contributed by atoms with Gasteiger partial charge in [-0.3, -0.25) is 0 Å².